The molecule has 1 aromatic heterocycles. The van der Waals surface area contributed by atoms with Crippen LogP contribution in [0.5, 0.6) is 0 Å². The molecular weight excluding hydrogens is 280 g/mol. The summed E-state index contributed by atoms with van der Waals surface area (Å²) in [7, 11) is 0. The molecule has 1 aromatic carbocycles. The minimum Gasteiger partial charge on any atom is -0.345 e. The number of hydrogen-bond acceptors (Lipinski definition) is 3. The van der Waals surface area contributed by atoms with Gasteiger partial charge in [0, 0.05) is 0 Å². The Kier molecular flexibility index (Phi) is 5.15. The summed E-state index contributed by atoms with van der Waals surface area (Å²) in [5, 5.41) is 3.02. The molecule has 3 N–H and O–H groups in total. The highest BCUT2D eigenvalue weighted by Crippen LogP contribution is 2.19. The first-order valence-corrected chi connectivity index (χ1v) is 7.58. The average molecular weight is 298 g/mol. The van der Waals surface area contributed by atoms with Crippen LogP contribution in [0.1, 0.15) is 38.6 Å². The van der Waals surface area contributed by atoms with Gasteiger partial charge in [0.05, 0.1) is 22.3 Å². The number of hydrogen-bond donors (Lipinski definition) is 2. The number of carbonyl (C=O) groups excluding carboxylic acids is 1. The van der Waals surface area contributed by atoms with Gasteiger partial charge in [-0.3, -0.25) is 4.79 Å². The lowest BCUT2D eigenvalue weighted by atomic mass is 10.0. The van der Waals surface area contributed by atoms with Gasteiger partial charge >= 0.3 is 0 Å². The number of carbonyl (C=O) groups is 1. The van der Waals surface area contributed by atoms with Crippen molar-refractivity contribution in [3.63, 3.8) is 0 Å². The van der Waals surface area contributed by atoms with Crippen molar-refractivity contribution >= 4 is 17.2 Å². The highest BCUT2D eigenvalue weighted by molar-refractivity contribution is 7.14. The predicted molar refractivity (Wildman–Crippen MR) is 87.3 cm³/mol. The quantitative estimate of drug-likeness (QED) is 0.856. The maximum atomic E-state index is 12.3. The number of benzene rings is 1. The lowest BCUT2D eigenvalue weighted by Gasteiger charge is -2.15. The van der Waals surface area contributed by atoms with Crippen LogP contribution in [-0.4, -0.2) is 12.5 Å². The van der Waals surface area contributed by atoms with Gasteiger partial charge in [0.1, 0.15) is 0 Å². The van der Waals surface area contributed by atoms with Gasteiger partial charge in [-0.1, -0.05) is 36.1 Å². The minimum absolute atomic E-state index is 0.0284. The molecule has 0 radical (unpaired) electrons. The number of nitrogens with one attached hydrogen (secondary N) is 1. The molecule has 0 bridgehead atoms. The molecule has 4 heteroatoms. The first-order chi connectivity index (χ1) is 10.1. The van der Waals surface area contributed by atoms with Crippen molar-refractivity contribution in [3.8, 4) is 11.8 Å². The highest BCUT2D eigenvalue weighted by Gasteiger charge is 2.14. The molecule has 1 atom stereocenters. The van der Waals surface area contributed by atoms with Gasteiger partial charge < -0.3 is 11.1 Å². The molecule has 21 heavy (non-hydrogen) atoms. The van der Waals surface area contributed by atoms with Gasteiger partial charge in [-0.2, -0.15) is 0 Å². The van der Waals surface area contributed by atoms with Crippen LogP contribution in [0.25, 0.3) is 0 Å². The van der Waals surface area contributed by atoms with E-state index in [0.717, 1.165) is 10.4 Å². The SMILES string of the molecule is Cc1ccccc1C(C)NC(=O)c1ccc(C#CCN)s1. The summed E-state index contributed by atoms with van der Waals surface area (Å²) in [6.45, 7) is 4.36. The predicted octanol–water partition coefficient (Wildman–Crippen LogP) is 2.86. The van der Waals surface area contributed by atoms with E-state index in [1.807, 2.05) is 44.2 Å². The van der Waals surface area contributed by atoms with Crippen molar-refractivity contribution in [2.75, 3.05) is 6.54 Å². The van der Waals surface area contributed by atoms with E-state index >= 15 is 0 Å². The molecule has 1 amide bonds. The fourth-order valence-corrected chi connectivity index (χ4v) is 2.87. The van der Waals surface area contributed by atoms with E-state index in [-0.39, 0.29) is 11.9 Å². The molecule has 0 aliphatic rings. The first kappa shape index (κ1) is 15.3. The molecule has 1 heterocycles. The maximum Gasteiger partial charge on any atom is 0.261 e. The van der Waals surface area contributed by atoms with E-state index in [0.29, 0.717) is 11.4 Å². The third-order valence-corrected chi connectivity index (χ3v) is 4.15. The normalized spacial score (nSPS) is 11.4. The molecule has 0 fully saturated rings. The van der Waals surface area contributed by atoms with Gasteiger partial charge in [0.25, 0.3) is 5.91 Å². The molecular formula is C17H18N2OS. The van der Waals surface area contributed by atoms with Crippen molar-refractivity contribution in [1.82, 2.24) is 5.32 Å². The third-order valence-electron chi connectivity index (χ3n) is 3.15. The molecule has 0 aliphatic heterocycles. The Hall–Kier alpha value is -2.09. The Morgan fingerprint density at radius 1 is 1.33 bits per heavy atom. The zero-order valence-corrected chi connectivity index (χ0v) is 13.0. The minimum atomic E-state index is -0.0726. The monoisotopic (exact) mass is 298 g/mol. The summed E-state index contributed by atoms with van der Waals surface area (Å²) in [6.07, 6.45) is 0. The van der Waals surface area contributed by atoms with Crippen LogP contribution in [0.3, 0.4) is 0 Å². The van der Waals surface area contributed by atoms with Gasteiger partial charge in [-0.15, -0.1) is 11.3 Å². The van der Waals surface area contributed by atoms with Crippen LogP contribution >= 0.6 is 11.3 Å². The topological polar surface area (TPSA) is 55.1 Å². The molecule has 0 spiro atoms. The smallest absolute Gasteiger partial charge is 0.261 e. The standard InChI is InChI=1S/C17H18N2OS/c1-12-6-3-4-8-15(12)13(2)19-17(20)16-10-9-14(21-16)7-5-11-18/h3-4,6,8-10,13H,11,18H2,1-2H3,(H,19,20). The van der Waals surface area contributed by atoms with Crippen LogP contribution in [0.4, 0.5) is 0 Å². The van der Waals surface area contributed by atoms with Crippen molar-refractivity contribution < 1.29 is 4.79 Å². The molecule has 0 saturated heterocycles. The molecule has 3 nitrogen and oxygen atoms in total. The number of amides is 1. The van der Waals surface area contributed by atoms with Gasteiger partial charge in [0.15, 0.2) is 0 Å². The summed E-state index contributed by atoms with van der Waals surface area (Å²) < 4.78 is 0. The fourth-order valence-electron chi connectivity index (χ4n) is 2.08. The van der Waals surface area contributed by atoms with E-state index in [2.05, 4.69) is 17.2 Å². The van der Waals surface area contributed by atoms with Crippen molar-refractivity contribution in [2.45, 2.75) is 19.9 Å². The Labute approximate surface area is 129 Å². The van der Waals surface area contributed by atoms with Crippen LogP contribution in [0.2, 0.25) is 0 Å². The second-order valence-corrected chi connectivity index (χ2v) is 5.81. The van der Waals surface area contributed by atoms with Crippen molar-refractivity contribution in [1.29, 1.82) is 0 Å². The molecule has 0 aliphatic carbocycles. The lowest BCUT2D eigenvalue weighted by molar-refractivity contribution is 0.0944. The second-order valence-electron chi connectivity index (χ2n) is 4.72. The summed E-state index contributed by atoms with van der Waals surface area (Å²) >= 11 is 1.38. The largest absolute Gasteiger partial charge is 0.345 e. The van der Waals surface area contributed by atoms with Crippen LogP contribution in [-0.2, 0) is 0 Å². The molecule has 0 saturated carbocycles. The summed E-state index contributed by atoms with van der Waals surface area (Å²) in [4.78, 5) is 13.8. The van der Waals surface area contributed by atoms with E-state index in [1.54, 1.807) is 6.07 Å². The summed E-state index contributed by atoms with van der Waals surface area (Å²) in [5.41, 5.74) is 7.64. The van der Waals surface area contributed by atoms with Gasteiger partial charge in [-0.25, -0.2) is 0 Å². The van der Waals surface area contributed by atoms with E-state index in [9.17, 15) is 4.79 Å². The zero-order valence-electron chi connectivity index (χ0n) is 12.1. The maximum absolute atomic E-state index is 12.3. The van der Waals surface area contributed by atoms with E-state index in [1.165, 1.54) is 16.9 Å². The Bertz CT molecular complexity index is 694. The fraction of sp³-hybridized carbons (Fsp3) is 0.235. The first-order valence-electron chi connectivity index (χ1n) is 6.77. The molecule has 2 aromatic rings. The number of aryl methyl sites for hydroxylation is 1. The van der Waals surface area contributed by atoms with E-state index < -0.39 is 0 Å². The molecule has 108 valence electrons. The van der Waals surface area contributed by atoms with Crippen molar-refractivity contribution in [2.24, 2.45) is 5.73 Å². The van der Waals surface area contributed by atoms with Crippen LogP contribution in [0, 0.1) is 18.8 Å². The van der Waals surface area contributed by atoms with Gasteiger partial charge in [0.2, 0.25) is 0 Å². The molecule has 1 unspecified atom stereocenters. The number of thiophene rings is 1. The van der Waals surface area contributed by atoms with Crippen LogP contribution < -0.4 is 11.1 Å². The molecule has 2 rings (SSSR count). The third kappa shape index (κ3) is 3.94. The highest BCUT2D eigenvalue weighted by atomic mass is 32.1. The number of nitrogens with two attached hydrogens (primary N) is 1. The Balaban J connectivity index is 2.07. The summed E-state index contributed by atoms with van der Waals surface area (Å²) in [5.74, 6) is 5.65. The average Bonchev–Trinajstić information content (AvgIpc) is 2.94. The van der Waals surface area contributed by atoms with Crippen LogP contribution in [0.15, 0.2) is 36.4 Å². The summed E-state index contributed by atoms with van der Waals surface area (Å²) in [6, 6.07) is 11.7. The van der Waals surface area contributed by atoms with Gasteiger partial charge in [-0.05, 0) is 37.1 Å². The van der Waals surface area contributed by atoms with Crippen molar-refractivity contribution in [3.05, 3.63) is 57.3 Å². The Morgan fingerprint density at radius 3 is 2.81 bits per heavy atom. The zero-order chi connectivity index (χ0) is 15.2. The lowest BCUT2D eigenvalue weighted by Crippen LogP contribution is -2.26. The second kappa shape index (κ2) is 7.07. The number of rotatable bonds is 3. The Morgan fingerprint density at radius 2 is 2.10 bits per heavy atom. The van der Waals surface area contributed by atoms with E-state index in [4.69, 9.17) is 5.73 Å².